The van der Waals surface area contributed by atoms with Gasteiger partial charge in [0, 0.05) is 32.4 Å². The second-order valence-electron chi connectivity index (χ2n) is 6.68. The van der Waals surface area contributed by atoms with Crippen LogP contribution in [0.1, 0.15) is 37.4 Å². The predicted molar refractivity (Wildman–Crippen MR) is 84.6 cm³/mol. The van der Waals surface area contributed by atoms with Gasteiger partial charge >= 0.3 is 0 Å². The monoisotopic (exact) mass is 308 g/mol. The van der Waals surface area contributed by atoms with Gasteiger partial charge < -0.3 is 19.7 Å². The molecule has 0 aromatic carbocycles. The largest absolute Gasteiger partial charge is 0.393 e. The molecule has 1 aromatic rings. The summed E-state index contributed by atoms with van der Waals surface area (Å²) in [6, 6.07) is 0.745. The molecular weight excluding hydrogens is 280 g/mol. The summed E-state index contributed by atoms with van der Waals surface area (Å²) >= 11 is 0. The Hall–Kier alpha value is -0.950. The summed E-state index contributed by atoms with van der Waals surface area (Å²) < 4.78 is 8.14. The second-order valence-corrected chi connectivity index (χ2v) is 6.68. The zero-order valence-corrected chi connectivity index (χ0v) is 13.6. The minimum Gasteiger partial charge on any atom is -0.393 e. The van der Waals surface area contributed by atoms with E-state index in [1.807, 2.05) is 19.6 Å². The van der Waals surface area contributed by atoms with Crippen molar-refractivity contribution in [3.63, 3.8) is 0 Å². The third-order valence-electron chi connectivity index (χ3n) is 5.06. The Bertz CT molecular complexity index is 470. The molecule has 6 nitrogen and oxygen atoms in total. The molecule has 0 spiro atoms. The minimum absolute atomic E-state index is 0.0997. The maximum absolute atomic E-state index is 9.61. The molecule has 1 aromatic heterocycles. The number of nitrogens with one attached hydrogen (secondary N) is 1. The summed E-state index contributed by atoms with van der Waals surface area (Å²) in [7, 11) is 4.20. The van der Waals surface area contributed by atoms with E-state index < -0.39 is 0 Å². The fourth-order valence-corrected chi connectivity index (χ4v) is 3.66. The topological polar surface area (TPSA) is 62.6 Å². The molecule has 0 unspecified atom stereocenters. The van der Waals surface area contributed by atoms with Crippen molar-refractivity contribution in [1.29, 1.82) is 0 Å². The van der Waals surface area contributed by atoms with E-state index in [1.165, 1.54) is 5.69 Å². The normalized spacial score (nSPS) is 34.0. The van der Waals surface area contributed by atoms with E-state index in [-0.39, 0.29) is 18.2 Å². The standard InChI is InChI=1S/C16H28N4O2/c1-19-7-8-22-15(16(19)14-9-17-11-20(14)2)10-18-12-3-5-13(21)6-4-12/h9,11-13,15-16,18,21H,3-8,10H2,1-2H3/t12?,13?,15-,16-/m0/s1. The molecule has 124 valence electrons. The maximum atomic E-state index is 9.61. The van der Waals surface area contributed by atoms with Gasteiger partial charge in [0.15, 0.2) is 0 Å². The number of imidazole rings is 1. The molecule has 2 aliphatic rings. The van der Waals surface area contributed by atoms with Gasteiger partial charge in [0.05, 0.1) is 36.9 Å². The summed E-state index contributed by atoms with van der Waals surface area (Å²) in [5.41, 5.74) is 1.20. The first-order chi connectivity index (χ1) is 10.6. The van der Waals surface area contributed by atoms with Crippen LogP contribution in [0.15, 0.2) is 12.5 Å². The van der Waals surface area contributed by atoms with Gasteiger partial charge in [-0.15, -0.1) is 0 Å². The van der Waals surface area contributed by atoms with Gasteiger partial charge in [-0.1, -0.05) is 0 Å². The van der Waals surface area contributed by atoms with Crippen molar-refractivity contribution in [2.75, 3.05) is 26.7 Å². The molecule has 2 fully saturated rings. The highest BCUT2D eigenvalue weighted by molar-refractivity contribution is 5.09. The lowest BCUT2D eigenvalue weighted by molar-refractivity contribution is -0.0651. The number of rotatable bonds is 4. The van der Waals surface area contributed by atoms with Gasteiger partial charge in [0.2, 0.25) is 0 Å². The van der Waals surface area contributed by atoms with E-state index in [1.54, 1.807) is 0 Å². The molecule has 2 heterocycles. The summed E-state index contributed by atoms with van der Waals surface area (Å²) in [6.07, 6.45) is 7.77. The Labute approximate surface area is 132 Å². The third-order valence-corrected chi connectivity index (χ3v) is 5.06. The first kappa shape index (κ1) is 15.9. The van der Waals surface area contributed by atoms with Crippen LogP contribution in [-0.2, 0) is 11.8 Å². The van der Waals surface area contributed by atoms with Gasteiger partial charge in [-0.25, -0.2) is 4.98 Å². The van der Waals surface area contributed by atoms with Gasteiger partial charge in [-0.05, 0) is 32.7 Å². The number of morpholine rings is 1. The Morgan fingerprint density at radius 1 is 1.32 bits per heavy atom. The van der Waals surface area contributed by atoms with Crippen LogP contribution in [0.4, 0.5) is 0 Å². The lowest BCUT2D eigenvalue weighted by atomic mass is 9.93. The van der Waals surface area contributed by atoms with Crippen LogP contribution < -0.4 is 5.32 Å². The van der Waals surface area contributed by atoms with Gasteiger partial charge in [-0.2, -0.15) is 0 Å². The SMILES string of the molecule is CN1CCO[C@@H](CNC2CCC(O)CC2)[C@@H]1c1cncn1C. The number of likely N-dealkylation sites (N-methyl/N-ethyl adjacent to an activating group) is 1. The van der Waals surface area contributed by atoms with E-state index in [9.17, 15) is 5.11 Å². The Morgan fingerprint density at radius 2 is 2.09 bits per heavy atom. The number of aliphatic hydroxyl groups is 1. The second kappa shape index (κ2) is 7.08. The number of nitrogens with zero attached hydrogens (tertiary/aromatic N) is 3. The zero-order valence-electron chi connectivity index (χ0n) is 13.6. The highest BCUT2D eigenvalue weighted by Gasteiger charge is 2.33. The van der Waals surface area contributed by atoms with Crippen molar-refractivity contribution in [1.82, 2.24) is 19.8 Å². The number of aliphatic hydroxyl groups excluding tert-OH is 1. The molecule has 6 heteroatoms. The number of aryl methyl sites for hydroxylation is 1. The van der Waals surface area contributed by atoms with Crippen molar-refractivity contribution in [3.8, 4) is 0 Å². The molecule has 1 saturated carbocycles. The number of ether oxygens (including phenoxy) is 1. The van der Waals surface area contributed by atoms with Crippen molar-refractivity contribution >= 4 is 0 Å². The number of hydrogen-bond donors (Lipinski definition) is 2. The Balaban J connectivity index is 1.61. The zero-order chi connectivity index (χ0) is 15.5. The number of aromatic nitrogens is 2. The van der Waals surface area contributed by atoms with Crippen LogP contribution in [0.25, 0.3) is 0 Å². The van der Waals surface area contributed by atoms with E-state index in [0.717, 1.165) is 45.4 Å². The average molecular weight is 308 g/mol. The van der Waals surface area contributed by atoms with E-state index in [0.29, 0.717) is 6.04 Å². The van der Waals surface area contributed by atoms with Crippen molar-refractivity contribution < 1.29 is 9.84 Å². The van der Waals surface area contributed by atoms with E-state index in [4.69, 9.17) is 4.74 Å². The van der Waals surface area contributed by atoms with E-state index in [2.05, 4.69) is 26.8 Å². The van der Waals surface area contributed by atoms with Crippen LogP contribution in [0.2, 0.25) is 0 Å². The van der Waals surface area contributed by atoms with Gasteiger partial charge in [-0.3, -0.25) is 4.90 Å². The first-order valence-corrected chi connectivity index (χ1v) is 8.34. The molecule has 2 N–H and O–H groups in total. The molecule has 1 aliphatic carbocycles. The van der Waals surface area contributed by atoms with Crippen LogP contribution in [0.3, 0.4) is 0 Å². The lowest BCUT2D eigenvalue weighted by Gasteiger charge is -2.40. The van der Waals surface area contributed by atoms with Crippen LogP contribution in [-0.4, -0.2) is 64.6 Å². The summed E-state index contributed by atoms with van der Waals surface area (Å²) in [5.74, 6) is 0. The molecule has 2 atom stereocenters. The summed E-state index contributed by atoms with van der Waals surface area (Å²) in [5, 5.41) is 13.3. The Kier molecular flexibility index (Phi) is 5.13. The van der Waals surface area contributed by atoms with Crippen molar-refractivity contribution in [2.45, 2.75) is 50.0 Å². The van der Waals surface area contributed by atoms with E-state index >= 15 is 0 Å². The van der Waals surface area contributed by atoms with Crippen LogP contribution in [0, 0.1) is 0 Å². The molecule has 3 rings (SSSR count). The fourth-order valence-electron chi connectivity index (χ4n) is 3.66. The van der Waals surface area contributed by atoms with Crippen LogP contribution in [0.5, 0.6) is 0 Å². The predicted octanol–water partition coefficient (Wildman–Crippen LogP) is 0.685. The maximum Gasteiger partial charge on any atom is 0.0946 e. The first-order valence-electron chi connectivity index (χ1n) is 8.34. The minimum atomic E-state index is -0.0997. The summed E-state index contributed by atoms with van der Waals surface area (Å²) in [4.78, 5) is 6.62. The Morgan fingerprint density at radius 3 is 2.77 bits per heavy atom. The molecule has 1 aliphatic heterocycles. The average Bonchev–Trinajstić information content (AvgIpc) is 2.92. The molecule has 0 bridgehead atoms. The fraction of sp³-hybridized carbons (Fsp3) is 0.812. The molecule has 22 heavy (non-hydrogen) atoms. The smallest absolute Gasteiger partial charge is 0.0946 e. The molecule has 1 saturated heterocycles. The van der Waals surface area contributed by atoms with Crippen LogP contribution >= 0.6 is 0 Å². The molecular formula is C16H28N4O2. The van der Waals surface area contributed by atoms with Gasteiger partial charge in [0.1, 0.15) is 0 Å². The highest BCUT2D eigenvalue weighted by atomic mass is 16.5. The number of hydrogen-bond acceptors (Lipinski definition) is 5. The molecule has 0 amide bonds. The lowest BCUT2D eigenvalue weighted by Crippen LogP contribution is -2.50. The quantitative estimate of drug-likeness (QED) is 0.857. The van der Waals surface area contributed by atoms with Crippen molar-refractivity contribution in [3.05, 3.63) is 18.2 Å². The van der Waals surface area contributed by atoms with Gasteiger partial charge in [0.25, 0.3) is 0 Å². The molecule has 0 radical (unpaired) electrons. The third kappa shape index (κ3) is 3.51. The van der Waals surface area contributed by atoms with Crippen molar-refractivity contribution in [2.24, 2.45) is 7.05 Å². The summed E-state index contributed by atoms with van der Waals surface area (Å²) in [6.45, 7) is 2.57. The highest BCUT2D eigenvalue weighted by Crippen LogP contribution is 2.28.